The standard InChI is InChI=1S/C11H9ClN2O3/c1-17-7-5-3-2-4-6(7)9-8(11(15)16)10(12)14-13-9/h2-5H,1H3,(H,13,14)(H,15,16). The Balaban J connectivity index is 2.65. The Kier molecular flexibility index (Phi) is 3.01. The van der Waals surface area contributed by atoms with Gasteiger partial charge in [0.15, 0.2) is 0 Å². The lowest BCUT2D eigenvalue weighted by Gasteiger charge is -2.06. The maximum atomic E-state index is 11.1. The first-order valence-corrected chi connectivity index (χ1v) is 5.13. The van der Waals surface area contributed by atoms with Crippen LogP contribution in [0.3, 0.4) is 0 Å². The first-order chi connectivity index (χ1) is 8.15. The molecule has 0 atom stereocenters. The molecule has 2 N–H and O–H groups in total. The normalized spacial score (nSPS) is 10.2. The van der Waals surface area contributed by atoms with E-state index >= 15 is 0 Å². The van der Waals surface area contributed by atoms with Crippen molar-refractivity contribution in [2.75, 3.05) is 7.11 Å². The molecule has 1 aromatic carbocycles. The van der Waals surface area contributed by atoms with Crippen molar-refractivity contribution in [1.29, 1.82) is 0 Å². The number of halogens is 1. The second kappa shape index (κ2) is 4.47. The lowest BCUT2D eigenvalue weighted by Crippen LogP contribution is -1.99. The summed E-state index contributed by atoms with van der Waals surface area (Å²) in [7, 11) is 1.51. The van der Waals surface area contributed by atoms with E-state index in [0.717, 1.165) is 0 Å². The maximum absolute atomic E-state index is 11.1. The molecule has 1 heterocycles. The number of aromatic carboxylic acids is 1. The molecule has 0 fully saturated rings. The Morgan fingerprint density at radius 3 is 2.82 bits per heavy atom. The van der Waals surface area contributed by atoms with Gasteiger partial charge >= 0.3 is 5.97 Å². The minimum atomic E-state index is -1.13. The minimum Gasteiger partial charge on any atom is -0.496 e. The second-order valence-corrected chi connectivity index (χ2v) is 3.64. The molecule has 88 valence electrons. The third-order valence-corrected chi connectivity index (χ3v) is 2.57. The van der Waals surface area contributed by atoms with Crippen LogP contribution in [0.1, 0.15) is 10.4 Å². The Hall–Kier alpha value is -2.01. The number of carboxylic acid groups (broad SMARTS) is 1. The highest BCUT2D eigenvalue weighted by atomic mass is 35.5. The predicted octanol–water partition coefficient (Wildman–Crippen LogP) is 2.44. The molecule has 0 aliphatic carbocycles. The van der Waals surface area contributed by atoms with Crippen molar-refractivity contribution in [2.24, 2.45) is 0 Å². The Morgan fingerprint density at radius 2 is 2.18 bits per heavy atom. The zero-order valence-corrected chi connectivity index (χ0v) is 9.65. The largest absolute Gasteiger partial charge is 0.496 e. The molecule has 0 aliphatic rings. The molecule has 0 bridgehead atoms. The first kappa shape index (κ1) is 11.5. The van der Waals surface area contributed by atoms with Crippen molar-refractivity contribution in [3.05, 3.63) is 35.0 Å². The summed E-state index contributed by atoms with van der Waals surface area (Å²) in [5.74, 6) is -0.595. The van der Waals surface area contributed by atoms with Gasteiger partial charge in [-0.05, 0) is 12.1 Å². The van der Waals surface area contributed by atoms with Crippen LogP contribution in [-0.4, -0.2) is 28.4 Å². The molecule has 2 rings (SSSR count). The predicted molar refractivity (Wildman–Crippen MR) is 62.5 cm³/mol. The van der Waals surface area contributed by atoms with Gasteiger partial charge in [0.1, 0.15) is 22.2 Å². The summed E-state index contributed by atoms with van der Waals surface area (Å²) >= 11 is 5.75. The van der Waals surface area contributed by atoms with Crippen LogP contribution in [0.2, 0.25) is 5.15 Å². The van der Waals surface area contributed by atoms with Crippen molar-refractivity contribution in [1.82, 2.24) is 10.2 Å². The average molecular weight is 253 g/mol. The van der Waals surface area contributed by atoms with E-state index in [1.807, 2.05) is 0 Å². The van der Waals surface area contributed by atoms with Crippen LogP contribution in [0.5, 0.6) is 5.75 Å². The molecule has 0 radical (unpaired) electrons. The highest BCUT2D eigenvalue weighted by Gasteiger charge is 2.21. The second-order valence-electron chi connectivity index (χ2n) is 3.27. The van der Waals surface area contributed by atoms with E-state index in [-0.39, 0.29) is 16.4 Å². The van der Waals surface area contributed by atoms with Crippen LogP contribution in [0, 0.1) is 0 Å². The number of nitrogens with zero attached hydrogens (tertiary/aromatic N) is 1. The van der Waals surface area contributed by atoms with Gasteiger partial charge in [-0.1, -0.05) is 23.7 Å². The molecular weight excluding hydrogens is 244 g/mol. The SMILES string of the molecule is COc1ccccc1-c1n[nH]c(Cl)c1C(=O)O. The third-order valence-electron chi connectivity index (χ3n) is 2.30. The van der Waals surface area contributed by atoms with Crippen molar-refractivity contribution >= 4 is 17.6 Å². The van der Waals surface area contributed by atoms with Gasteiger partial charge in [0.05, 0.1) is 7.11 Å². The number of para-hydroxylation sites is 1. The highest BCUT2D eigenvalue weighted by Crippen LogP contribution is 2.33. The first-order valence-electron chi connectivity index (χ1n) is 4.75. The van der Waals surface area contributed by atoms with Gasteiger partial charge in [-0.25, -0.2) is 4.79 Å². The topological polar surface area (TPSA) is 75.2 Å². The van der Waals surface area contributed by atoms with E-state index in [2.05, 4.69) is 10.2 Å². The van der Waals surface area contributed by atoms with Crippen molar-refractivity contribution in [2.45, 2.75) is 0 Å². The highest BCUT2D eigenvalue weighted by molar-refractivity contribution is 6.33. The number of hydrogen-bond acceptors (Lipinski definition) is 3. The molecule has 0 aliphatic heterocycles. The van der Waals surface area contributed by atoms with Crippen molar-refractivity contribution < 1.29 is 14.6 Å². The van der Waals surface area contributed by atoms with Crippen molar-refractivity contribution in [3.63, 3.8) is 0 Å². The zero-order chi connectivity index (χ0) is 12.4. The fourth-order valence-electron chi connectivity index (χ4n) is 1.55. The minimum absolute atomic E-state index is 0.00148. The number of ether oxygens (including phenoxy) is 1. The van der Waals surface area contributed by atoms with Crippen LogP contribution in [0.15, 0.2) is 24.3 Å². The summed E-state index contributed by atoms with van der Waals surface area (Å²) < 4.78 is 5.15. The monoisotopic (exact) mass is 252 g/mol. The molecule has 0 saturated carbocycles. The summed E-state index contributed by atoms with van der Waals surface area (Å²) in [6.07, 6.45) is 0. The molecule has 0 amide bonds. The van der Waals surface area contributed by atoms with Crippen molar-refractivity contribution in [3.8, 4) is 17.0 Å². The molecule has 2 aromatic rings. The Morgan fingerprint density at radius 1 is 1.47 bits per heavy atom. The molecule has 17 heavy (non-hydrogen) atoms. The van der Waals surface area contributed by atoms with Gasteiger partial charge in [-0.15, -0.1) is 0 Å². The molecule has 0 saturated heterocycles. The maximum Gasteiger partial charge on any atom is 0.341 e. The number of rotatable bonds is 3. The number of nitrogens with one attached hydrogen (secondary N) is 1. The number of carbonyl (C=O) groups is 1. The number of carboxylic acids is 1. The van der Waals surface area contributed by atoms with Gasteiger partial charge in [0.2, 0.25) is 0 Å². The fraction of sp³-hybridized carbons (Fsp3) is 0.0909. The molecule has 5 nitrogen and oxygen atoms in total. The van der Waals surface area contributed by atoms with Crippen LogP contribution < -0.4 is 4.74 Å². The zero-order valence-electron chi connectivity index (χ0n) is 8.90. The van der Waals surface area contributed by atoms with Gasteiger partial charge in [0, 0.05) is 5.56 Å². The van der Waals surface area contributed by atoms with Gasteiger partial charge in [-0.2, -0.15) is 5.10 Å². The number of aromatic amines is 1. The number of benzene rings is 1. The fourth-order valence-corrected chi connectivity index (χ4v) is 1.76. The van der Waals surface area contributed by atoms with E-state index in [1.54, 1.807) is 24.3 Å². The number of hydrogen-bond donors (Lipinski definition) is 2. The van der Waals surface area contributed by atoms with Gasteiger partial charge in [0.25, 0.3) is 0 Å². The number of methoxy groups -OCH3 is 1. The Bertz CT molecular complexity index is 566. The van der Waals surface area contributed by atoms with Crippen LogP contribution in [0.25, 0.3) is 11.3 Å². The lowest BCUT2D eigenvalue weighted by molar-refractivity contribution is 0.0698. The molecule has 1 aromatic heterocycles. The van der Waals surface area contributed by atoms with E-state index < -0.39 is 5.97 Å². The van der Waals surface area contributed by atoms with Gasteiger partial charge in [-0.3, -0.25) is 5.10 Å². The third kappa shape index (κ3) is 1.97. The quantitative estimate of drug-likeness (QED) is 0.880. The van der Waals surface area contributed by atoms with Crippen LogP contribution >= 0.6 is 11.6 Å². The van der Waals surface area contributed by atoms with E-state index in [0.29, 0.717) is 11.3 Å². The van der Waals surface area contributed by atoms with E-state index in [1.165, 1.54) is 7.11 Å². The lowest BCUT2D eigenvalue weighted by atomic mass is 10.1. The smallest absolute Gasteiger partial charge is 0.341 e. The van der Waals surface area contributed by atoms with E-state index in [9.17, 15) is 4.79 Å². The van der Waals surface area contributed by atoms with Crippen LogP contribution in [0.4, 0.5) is 0 Å². The Labute approximate surface area is 102 Å². The number of H-pyrrole nitrogens is 1. The summed E-state index contributed by atoms with van der Waals surface area (Å²) in [4.78, 5) is 11.1. The molecule has 6 heteroatoms. The number of aromatic nitrogens is 2. The molecular formula is C11H9ClN2O3. The van der Waals surface area contributed by atoms with E-state index in [4.69, 9.17) is 21.4 Å². The summed E-state index contributed by atoms with van der Waals surface area (Å²) in [6, 6.07) is 7.00. The van der Waals surface area contributed by atoms with Crippen LogP contribution in [-0.2, 0) is 0 Å². The summed E-state index contributed by atoms with van der Waals surface area (Å²) in [5.41, 5.74) is 0.784. The molecule has 0 spiro atoms. The van der Waals surface area contributed by atoms with Gasteiger partial charge < -0.3 is 9.84 Å². The average Bonchev–Trinajstić information content (AvgIpc) is 2.71. The summed E-state index contributed by atoms with van der Waals surface area (Å²) in [5, 5.41) is 15.4. The molecule has 0 unspecified atom stereocenters. The summed E-state index contributed by atoms with van der Waals surface area (Å²) in [6.45, 7) is 0.